The molecule has 0 aromatic carbocycles. The second-order valence-electron chi connectivity index (χ2n) is 8.64. The van der Waals surface area contributed by atoms with Gasteiger partial charge in [-0.3, -0.25) is 0 Å². The molecule has 23 heavy (non-hydrogen) atoms. The Morgan fingerprint density at radius 2 is 2.09 bits per heavy atom. The maximum Gasteiger partial charge on any atom is 0.164 e. The van der Waals surface area contributed by atoms with Gasteiger partial charge in [-0.25, -0.2) is 8.42 Å². The molecule has 1 heterocycles. The fourth-order valence-corrected chi connectivity index (χ4v) is 7.69. The Balaban J connectivity index is 1.70. The maximum atomic E-state index is 12.8. The first-order valence-corrected chi connectivity index (χ1v) is 11.1. The molecule has 0 aromatic rings. The SMILES string of the molecule is C[C@H]1CCC2=C(C1)[C@@H](/C=C1\CCC[C@]3(C)[CH]CC[C@@H]13)S(=O)(=O)C2. The third-order valence-corrected chi connectivity index (χ3v) is 8.87. The molecule has 4 aliphatic rings. The van der Waals surface area contributed by atoms with E-state index in [1.165, 1.54) is 42.4 Å². The molecule has 3 aliphatic carbocycles. The molecule has 1 aliphatic heterocycles. The minimum atomic E-state index is -3.00. The van der Waals surface area contributed by atoms with Gasteiger partial charge in [0.2, 0.25) is 0 Å². The van der Waals surface area contributed by atoms with Crippen LogP contribution in [-0.4, -0.2) is 19.4 Å². The van der Waals surface area contributed by atoms with Crippen LogP contribution in [0.15, 0.2) is 22.8 Å². The number of allylic oxidation sites excluding steroid dienone is 1. The Labute approximate surface area is 141 Å². The molecule has 0 bridgehead atoms. The van der Waals surface area contributed by atoms with E-state index in [4.69, 9.17) is 0 Å². The van der Waals surface area contributed by atoms with Crippen molar-refractivity contribution in [3.05, 3.63) is 29.2 Å². The molecule has 0 spiro atoms. The molecular formula is C20H29O2S. The van der Waals surface area contributed by atoms with Crippen molar-refractivity contribution >= 4 is 9.84 Å². The van der Waals surface area contributed by atoms with Crippen molar-refractivity contribution in [2.45, 2.75) is 70.5 Å². The summed E-state index contributed by atoms with van der Waals surface area (Å²) < 4.78 is 25.6. The first-order valence-electron chi connectivity index (χ1n) is 9.36. The Morgan fingerprint density at radius 1 is 1.26 bits per heavy atom. The van der Waals surface area contributed by atoms with Gasteiger partial charge in [0.25, 0.3) is 0 Å². The van der Waals surface area contributed by atoms with E-state index in [1.54, 1.807) is 0 Å². The number of sulfone groups is 1. The topological polar surface area (TPSA) is 34.1 Å². The van der Waals surface area contributed by atoms with Crippen LogP contribution in [0.3, 0.4) is 0 Å². The lowest BCUT2D eigenvalue weighted by Crippen LogP contribution is -2.29. The lowest BCUT2D eigenvalue weighted by atomic mass is 9.67. The average molecular weight is 334 g/mol. The third kappa shape index (κ3) is 2.63. The van der Waals surface area contributed by atoms with Crippen molar-refractivity contribution in [1.82, 2.24) is 0 Å². The second kappa shape index (κ2) is 5.47. The molecule has 4 atom stereocenters. The monoisotopic (exact) mass is 333 g/mol. The van der Waals surface area contributed by atoms with Gasteiger partial charge in [-0.1, -0.05) is 31.1 Å². The molecule has 0 aromatic heterocycles. The molecule has 2 saturated carbocycles. The minimum absolute atomic E-state index is 0.293. The largest absolute Gasteiger partial charge is 0.228 e. The second-order valence-corrected chi connectivity index (χ2v) is 10.8. The molecule has 0 saturated heterocycles. The standard InChI is InChI=1S/C20H29O2S/c1-14-7-8-16-13-23(21,22)19(17(16)11-14)12-15-5-3-9-20(2)10-4-6-18(15)20/h10,12,14,18-19H,3-9,11,13H2,1-2H3/b15-12+/t14-,18-,19+,20+/m0/s1. The summed E-state index contributed by atoms with van der Waals surface area (Å²) in [5.41, 5.74) is 4.30. The Morgan fingerprint density at radius 3 is 2.91 bits per heavy atom. The lowest BCUT2D eigenvalue weighted by Gasteiger charge is -2.38. The molecular weight excluding hydrogens is 304 g/mol. The molecule has 2 fully saturated rings. The van der Waals surface area contributed by atoms with E-state index in [2.05, 4.69) is 26.3 Å². The first kappa shape index (κ1) is 15.9. The smallest absolute Gasteiger partial charge is 0.164 e. The molecule has 0 N–H and O–H groups in total. The Hall–Kier alpha value is -0.570. The predicted molar refractivity (Wildman–Crippen MR) is 94.7 cm³/mol. The van der Waals surface area contributed by atoms with Crippen LogP contribution in [0.5, 0.6) is 0 Å². The molecule has 1 radical (unpaired) electrons. The molecule has 0 unspecified atom stereocenters. The zero-order chi connectivity index (χ0) is 16.2. The van der Waals surface area contributed by atoms with Gasteiger partial charge in [0, 0.05) is 0 Å². The molecule has 127 valence electrons. The normalized spacial score (nSPS) is 44.4. The molecule has 0 amide bonds. The van der Waals surface area contributed by atoms with Crippen LogP contribution < -0.4 is 0 Å². The minimum Gasteiger partial charge on any atom is -0.228 e. The van der Waals surface area contributed by atoms with Crippen molar-refractivity contribution in [2.24, 2.45) is 17.3 Å². The predicted octanol–water partition coefficient (Wildman–Crippen LogP) is 4.63. The Kier molecular flexibility index (Phi) is 3.79. The molecule has 3 heteroatoms. The van der Waals surface area contributed by atoms with Crippen LogP contribution in [0, 0.1) is 23.7 Å². The van der Waals surface area contributed by atoms with Crippen LogP contribution in [-0.2, 0) is 9.84 Å². The van der Waals surface area contributed by atoms with Gasteiger partial charge in [0.05, 0.1) is 5.75 Å². The maximum absolute atomic E-state index is 12.8. The molecule has 4 rings (SSSR count). The summed E-state index contributed by atoms with van der Waals surface area (Å²) in [7, 11) is -3.00. The van der Waals surface area contributed by atoms with Crippen LogP contribution >= 0.6 is 0 Å². The highest BCUT2D eigenvalue weighted by Gasteiger charge is 2.45. The summed E-state index contributed by atoms with van der Waals surface area (Å²) in [5.74, 6) is 1.56. The quantitative estimate of drug-likeness (QED) is 0.656. The highest BCUT2D eigenvalue weighted by atomic mass is 32.2. The molecule has 2 nitrogen and oxygen atoms in total. The summed E-state index contributed by atoms with van der Waals surface area (Å²) >= 11 is 0. The number of hydrogen-bond acceptors (Lipinski definition) is 2. The Bertz CT molecular complexity index is 670. The van der Waals surface area contributed by atoms with E-state index in [0.717, 1.165) is 25.7 Å². The van der Waals surface area contributed by atoms with Gasteiger partial charge in [-0.2, -0.15) is 0 Å². The summed E-state index contributed by atoms with van der Waals surface area (Å²) in [6, 6.07) is 0. The van der Waals surface area contributed by atoms with E-state index >= 15 is 0 Å². The van der Waals surface area contributed by atoms with Crippen molar-refractivity contribution in [2.75, 3.05) is 5.75 Å². The average Bonchev–Trinajstić information content (AvgIpc) is 2.98. The van der Waals surface area contributed by atoms with Gasteiger partial charge in [0.1, 0.15) is 5.25 Å². The van der Waals surface area contributed by atoms with Crippen LogP contribution in [0.25, 0.3) is 0 Å². The van der Waals surface area contributed by atoms with Gasteiger partial charge in [-0.15, -0.1) is 0 Å². The fourth-order valence-electron chi connectivity index (χ4n) is 5.62. The van der Waals surface area contributed by atoms with Crippen LogP contribution in [0.4, 0.5) is 0 Å². The van der Waals surface area contributed by atoms with E-state index in [0.29, 0.717) is 23.0 Å². The zero-order valence-electron chi connectivity index (χ0n) is 14.5. The van der Waals surface area contributed by atoms with Gasteiger partial charge < -0.3 is 0 Å². The van der Waals surface area contributed by atoms with E-state index < -0.39 is 9.84 Å². The van der Waals surface area contributed by atoms with E-state index in [-0.39, 0.29) is 5.25 Å². The summed E-state index contributed by atoms with van der Waals surface area (Å²) in [6.45, 7) is 4.65. The van der Waals surface area contributed by atoms with E-state index in [9.17, 15) is 8.42 Å². The number of rotatable bonds is 1. The van der Waals surface area contributed by atoms with Crippen molar-refractivity contribution in [1.29, 1.82) is 0 Å². The summed E-state index contributed by atoms with van der Waals surface area (Å²) in [4.78, 5) is 0. The van der Waals surface area contributed by atoms with Gasteiger partial charge in [0.15, 0.2) is 9.84 Å². The van der Waals surface area contributed by atoms with Crippen molar-refractivity contribution in [3.8, 4) is 0 Å². The highest BCUT2D eigenvalue weighted by molar-refractivity contribution is 7.92. The lowest BCUT2D eigenvalue weighted by molar-refractivity contribution is 0.242. The number of fused-ring (bicyclic) bond motifs is 1. The summed E-state index contributed by atoms with van der Waals surface area (Å²) in [6.07, 6.45) is 13.9. The van der Waals surface area contributed by atoms with E-state index in [1.807, 2.05) is 0 Å². The van der Waals surface area contributed by atoms with Gasteiger partial charge >= 0.3 is 0 Å². The summed E-state index contributed by atoms with van der Waals surface area (Å²) in [5, 5.41) is -0.293. The van der Waals surface area contributed by atoms with Crippen molar-refractivity contribution < 1.29 is 8.42 Å². The number of hydrogen-bond donors (Lipinski definition) is 0. The third-order valence-electron chi connectivity index (χ3n) is 6.92. The van der Waals surface area contributed by atoms with Crippen LogP contribution in [0.2, 0.25) is 0 Å². The van der Waals surface area contributed by atoms with Crippen LogP contribution in [0.1, 0.15) is 65.2 Å². The highest BCUT2D eigenvalue weighted by Crippen LogP contribution is 2.54. The first-order chi connectivity index (χ1) is 10.9. The van der Waals surface area contributed by atoms with Gasteiger partial charge in [-0.05, 0) is 80.6 Å². The zero-order valence-corrected chi connectivity index (χ0v) is 15.3. The fraction of sp³-hybridized carbons (Fsp3) is 0.750. The van der Waals surface area contributed by atoms with Crippen molar-refractivity contribution in [3.63, 3.8) is 0 Å².